The van der Waals surface area contributed by atoms with E-state index in [1.54, 1.807) is 14.2 Å². The van der Waals surface area contributed by atoms with Gasteiger partial charge in [0.15, 0.2) is 5.78 Å². The molecule has 0 radical (unpaired) electrons. The molecule has 40 heavy (non-hydrogen) atoms. The number of methoxy groups -OCH3 is 2. The fourth-order valence-corrected chi connectivity index (χ4v) is 5.67. The van der Waals surface area contributed by atoms with Crippen LogP contribution >= 0.6 is 0 Å². The van der Waals surface area contributed by atoms with Crippen LogP contribution in [-0.2, 0) is 11.4 Å². The topological polar surface area (TPSA) is 97.8 Å². The molecule has 0 saturated heterocycles. The van der Waals surface area contributed by atoms with Gasteiger partial charge in [-0.2, -0.15) is 5.26 Å². The van der Waals surface area contributed by atoms with Crippen molar-refractivity contribution in [1.29, 1.82) is 5.26 Å². The lowest BCUT2D eigenvalue weighted by molar-refractivity contribution is -0.116. The van der Waals surface area contributed by atoms with Crippen molar-refractivity contribution in [1.82, 2.24) is 0 Å². The third-order valence-corrected chi connectivity index (χ3v) is 7.71. The number of carbonyl (C=O) groups is 1. The molecule has 0 bridgehead atoms. The Bertz CT molecular complexity index is 1550. The molecule has 0 spiro atoms. The molecule has 7 nitrogen and oxygen atoms in total. The van der Waals surface area contributed by atoms with Crippen LogP contribution in [0, 0.1) is 25.2 Å². The van der Waals surface area contributed by atoms with E-state index in [2.05, 4.69) is 18.2 Å². The van der Waals surface area contributed by atoms with E-state index in [4.69, 9.17) is 19.9 Å². The Balaban J connectivity index is 1.59. The summed E-state index contributed by atoms with van der Waals surface area (Å²) in [5, 5.41) is 10.4. The molecule has 2 N–H and O–H groups in total. The van der Waals surface area contributed by atoms with Crippen LogP contribution in [0.15, 0.2) is 83.3 Å². The van der Waals surface area contributed by atoms with Crippen LogP contribution in [0.2, 0.25) is 0 Å². The molecular weight excluding hydrogens is 502 g/mol. The molecule has 0 saturated carbocycles. The van der Waals surface area contributed by atoms with Gasteiger partial charge in [-0.3, -0.25) is 9.69 Å². The number of nitrogens with two attached hydrogens (primary N) is 1. The smallest absolute Gasteiger partial charge is 0.161 e. The molecule has 1 aliphatic carbocycles. The highest BCUT2D eigenvalue weighted by Crippen LogP contribution is 2.47. The second-order valence-electron chi connectivity index (χ2n) is 10.1. The van der Waals surface area contributed by atoms with E-state index < -0.39 is 5.92 Å². The maximum absolute atomic E-state index is 13.6. The first-order chi connectivity index (χ1) is 19.4. The molecular formula is C33H33N3O4. The Labute approximate surface area is 235 Å². The number of nitrogens with zero attached hydrogens (tertiary/aromatic N) is 2. The number of rotatable bonds is 7. The molecule has 0 fully saturated rings. The molecule has 3 aromatic rings. The monoisotopic (exact) mass is 535 g/mol. The normalized spacial score (nSPS) is 16.9. The van der Waals surface area contributed by atoms with Gasteiger partial charge in [-0.15, -0.1) is 0 Å². The predicted molar refractivity (Wildman–Crippen MR) is 154 cm³/mol. The Morgan fingerprint density at radius 3 is 2.20 bits per heavy atom. The fourth-order valence-electron chi connectivity index (χ4n) is 5.67. The molecule has 1 aliphatic heterocycles. The summed E-state index contributed by atoms with van der Waals surface area (Å²) >= 11 is 0. The maximum atomic E-state index is 13.6. The van der Waals surface area contributed by atoms with Crippen molar-refractivity contribution in [3.8, 4) is 23.3 Å². The average Bonchev–Trinajstić information content (AvgIpc) is 2.97. The number of aryl methyl sites for hydroxylation is 1. The van der Waals surface area contributed by atoms with Gasteiger partial charge in [0.1, 0.15) is 29.7 Å². The largest absolute Gasteiger partial charge is 0.497 e. The number of Topliss-reactive ketones (excluding diaryl/α,β-unsaturated/α-hetero) is 1. The molecule has 5 rings (SSSR count). The van der Waals surface area contributed by atoms with Gasteiger partial charge in [0.05, 0.1) is 31.8 Å². The van der Waals surface area contributed by atoms with Crippen molar-refractivity contribution in [3.63, 3.8) is 0 Å². The van der Waals surface area contributed by atoms with E-state index in [1.807, 2.05) is 67.3 Å². The second-order valence-corrected chi connectivity index (χ2v) is 10.1. The Morgan fingerprint density at radius 1 is 0.950 bits per heavy atom. The highest BCUT2D eigenvalue weighted by atomic mass is 16.5. The van der Waals surface area contributed by atoms with Crippen LogP contribution < -0.4 is 24.8 Å². The van der Waals surface area contributed by atoms with Crippen LogP contribution in [0.25, 0.3) is 0 Å². The van der Waals surface area contributed by atoms with E-state index in [9.17, 15) is 10.1 Å². The highest BCUT2D eigenvalue weighted by Gasteiger charge is 2.41. The number of benzene rings is 3. The average molecular weight is 536 g/mol. The molecule has 2 aliphatic rings. The maximum Gasteiger partial charge on any atom is 0.161 e. The van der Waals surface area contributed by atoms with E-state index in [0.717, 1.165) is 57.3 Å². The number of ether oxygens (including phenoxy) is 3. The first kappa shape index (κ1) is 26.9. The quantitative estimate of drug-likeness (QED) is 0.384. The second kappa shape index (κ2) is 11.2. The SMILES string of the molecule is COc1ccc(OCc2cc(C)cc(C3C(C#N)=C(N)N(c4ccc(OC)cc4)C4=C3C(=O)CCC4)c2C)cc1. The number of nitriles is 1. The molecule has 1 heterocycles. The van der Waals surface area contributed by atoms with E-state index in [0.29, 0.717) is 36.4 Å². The molecule has 1 atom stereocenters. The van der Waals surface area contributed by atoms with Crippen molar-refractivity contribution in [2.24, 2.45) is 5.73 Å². The summed E-state index contributed by atoms with van der Waals surface area (Å²) in [7, 11) is 3.24. The molecule has 1 unspecified atom stereocenters. The Morgan fingerprint density at radius 2 is 1.57 bits per heavy atom. The fraction of sp³-hybridized carbons (Fsp3) is 0.273. The van der Waals surface area contributed by atoms with Crippen molar-refractivity contribution in [2.45, 2.75) is 45.6 Å². The minimum absolute atomic E-state index is 0.0574. The van der Waals surface area contributed by atoms with Crippen LogP contribution in [-0.4, -0.2) is 20.0 Å². The molecule has 204 valence electrons. The summed E-state index contributed by atoms with van der Waals surface area (Å²) < 4.78 is 16.7. The van der Waals surface area contributed by atoms with Gasteiger partial charge in [-0.05, 0) is 91.9 Å². The van der Waals surface area contributed by atoms with Gasteiger partial charge in [0, 0.05) is 23.4 Å². The van der Waals surface area contributed by atoms with Crippen molar-refractivity contribution in [2.75, 3.05) is 19.1 Å². The van der Waals surface area contributed by atoms with Gasteiger partial charge in [0.25, 0.3) is 0 Å². The number of hydrogen-bond donors (Lipinski definition) is 1. The number of carbonyl (C=O) groups excluding carboxylic acids is 1. The molecule has 7 heteroatoms. The van der Waals surface area contributed by atoms with Gasteiger partial charge in [-0.1, -0.05) is 17.7 Å². The van der Waals surface area contributed by atoms with Gasteiger partial charge in [0.2, 0.25) is 0 Å². The van der Waals surface area contributed by atoms with Gasteiger partial charge in [-0.25, -0.2) is 0 Å². The van der Waals surface area contributed by atoms with Crippen LogP contribution in [0.5, 0.6) is 17.2 Å². The third kappa shape index (κ3) is 4.89. The minimum atomic E-state index is -0.540. The van der Waals surface area contributed by atoms with Crippen molar-refractivity contribution in [3.05, 3.63) is 106 Å². The molecule has 0 aromatic heterocycles. The first-order valence-corrected chi connectivity index (χ1v) is 13.3. The number of allylic oxidation sites excluding steroid dienone is 3. The number of ketones is 1. The van der Waals surface area contributed by atoms with E-state index >= 15 is 0 Å². The van der Waals surface area contributed by atoms with Crippen LogP contribution in [0.3, 0.4) is 0 Å². The molecule has 3 aromatic carbocycles. The highest BCUT2D eigenvalue weighted by molar-refractivity contribution is 6.01. The zero-order valence-electron chi connectivity index (χ0n) is 23.3. The Kier molecular flexibility index (Phi) is 7.52. The zero-order chi connectivity index (χ0) is 28.4. The summed E-state index contributed by atoms with van der Waals surface area (Å²) in [5.74, 6) is 2.07. The van der Waals surface area contributed by atoms with E-state index in [-0.39, 0.29) is 5.78 Å². The zero-order valence-corrected chi connectivity index (χ0v) is 23.3. The number of anilines is 1. The Hall–Kier alpha value is -4.70. The summed E-state index contributed by atoms with van der Waals surface area (Å²) in [6.45, 7) is 4.39. The third-order valence-electron chi connectivity index (χ3n) is 7.71. The standard InChI is InChI=1S/C33H33N3O4/c1-20-16-22(19-40-26-14-12-25(39-4)13-15-26)21(2)27(17-20)31-28(18-34)33(35)36(23-8-10-24(38-3)11-9-23)29-6-5-7-30(37)32(29)31/h8-17,31H,5-7,19,35H2,1-4H3. The lowest BCUT2D eigenvalue weighted by Gasteiger charge is -2.40. The lowest BCUT2D eigenvalue weighted by Crippen LogP contribution is -2.39. The first-order valence-electron chi connectivity index (χ1n) is 13.3. The summed E-state index contributed by atoms with van der Waals surface area (Å²) in [5.41, 5.74) is 13.4. The van der Waals surface area contributed by atoms with Crippen molar-refractivity contribution < 1.29 is 19.0 Å². The predicted octanol–water partition coefficient (Wildman–Crippen LogP) is 6.20. The van der Waals surface area contributed by atoms with Crippen molar-refractivity contribution >= 4 is 11.5 Å². The van der Waals surface area contributed by atoms with E-state index in [1.165, 1.54) is 0 Å². The number of hydrogen-bond acceptors (Lipinski definition) is 7. The lowest BCUT2D eigenvalue weighted by atomic mass is 9.73. The molecule has 0 amide bonds. The summed E-state index contributed by atoms with van der Waals surface area (Å²) in [4.78, 5) is 15.5. The van der Waals surface area contributed by atoms with Crippen LogP contribution in [0.1, 0.15) is 47.4 Å². The minimum Gasteiger partial charge on any atom is -0.497 e. The van der Waals surface area contributed by atoms with Crippen LogP contribution in [0.4, 0.5) is 5.69 Å². The van der Waals surface area contributed by atoms with Gasteiger partial charge >= 0.3 is 0 Å². The van der Waals surface area contributed by atoms with Gasteiger partial charge < -0.3 is 19.9 Å². The summed E-state index contributed by atoms with van der Waals surface area (Å²) in [6.07, 6.45) is 1.88. The summed E-state index contributed by atoms with van der Waals surface area (Å²) in [6, 6.07) is 21.5.